The van der Waals surface area contributed by atoms with Gasteiger partial charge in [-0.05, 0) is 42.7 Å². The summed E-state index contributed by atoms with van der Waals surface area (Å²) in [6.07, 6.45) is 0.447. The van der Waals surface area contributed by atoms with Gasteiger partial charge in [-0.1, -0.05) is 41.5 Å². The lowest BCUT2D eigenvalue weighted by atomic mass is 10.0. The van der Waals surface area contributed by atoms with Crippen molar-refractivity contribution in [3.05, 3.63) is 87.1 Å². The van der Waals surface area contributed by atoms with Crippen molar-refractivity contribution in [2.45, 2.75) is 20.3 Å². The van der Waals surface area contributed by atoms with E-state index in [2.05, 4.69) is 21.6 Å². The van der Waals surface area contributed by atoms with E-state index < -0.39 is 11.5 Å². The minimum absolute atomic E-state index is 0.0728. The van der Waals surface area contributed by atoms with Crippen LogP contribution in [0.4, 0.5) is 6.01 Å². The summed E-state index contributed by atoms with van der Waals surface area (Å²) in [7, 11) is 0. The number of hydrogen-bond donors (Lipinski definition) is 1. The molecule has 4 aromatic rings. The zero-order chi connectivity index (χ0) is 19.7. The van der Waals surface area contributed by atoms with Crippen LogP contribution in [0.1, 0.15) is 32.9 Å². The topological polar surface area (TPSA) is 98.2 Å². The van der Waals surface area contributed by atoms with Crippen LogP contribution in [-0.2, 0) is 6.42 Å². The van der Waals surface area contributed by atoms with E-state index in [1.54, 1.807) is 24.3 Å². The summed E-state index contributed by atoms with van der Waals surface area (Å²) >= 11 is 0. The fourth-order valence-corrected chi connectivity index (χ4v) is 2.85. The van der Waals surface area contributed by atoms with Crippen LogP contribution in [0.15, 0.2) is 62.2 Å². The highest BCUT2D eigenvalue weighted by atomic mass is 16.4. The van der Waals surface area contributed by atoms with E-state index in [0.717, 1.165) is 5.56 Å². The molecule has 0 saturated heterocycles. The highest BCUT2D eigenvalue weighted by Crippen LogP contribution is 2.16. The molecule has 0 unspecified atom stereocenters. The van der Waals surface area contributed by atoms with Crippen LogP contribution in [0.2, 0.25) is 0 Å². The Morgan fingerprint density at radius 2 is 1.82 bits per heavy atom. The van der Waals surface area contributed by atoms with Crippen molar-refractivity contribution >= 4 is 22.9 Å². The third kappa shape index (κ3) is 3.55. The molecule has 2 aromatic carbocycles. The summed E-state index contributed by atoms with van der Waals surface area (Å²) in [6, 6.07) is 14.4. The van der Waals surface area contributed by atoms with Crippen LogP contribution in [0.5, 0.6) is 0 Å². The number of rotatable bonds is 4. The maximum absolute atomic E-state index is 12.4. The number of aryl methyl sites for hydroxylation is 2. The van der Waals surface area contributed by atoms with Crippen LogP contribution in [0.25, 0.3) is 11.0 Å². The summed E-state index contributed by atoms with van der Waals surface area (Å²) in [4.78, 5) is 24.5. The first-order chi connectivity index (χ1) is 13.5. The van der Waals surface area contributed by atoms with Crippen molar-refractivity contribution in [3.63, 3.8) is 0 Å². The third-order valence-electron chi connectivity index (χ3n) is 4.50. The molecule has 4 rings (SSSR count). The fourth-order valence-electron chi connectivity index (χ4n) is 2.85. The zero-order valence-electron chi connectivity index (χ0n) is 15.4. The van der Waals surface area contributed by atoms with Crippen molar-refractivity contribution in [1.82, 2.24) is 10.2 Å². The fraction of sp³-hybridized carbons (Fsp3) is 0.143. The first-order valence-corrected chi connectivity index (χ1v) is 8.72. The molecule has 1 N–H and O–H groups in total. The molecule has 0 saturated carbocycles. The highest BCUT2D eigenvalue weighted by Gasteiger charge is 2.17. The molecule has 0 aliphatic rings. The SMILES string of the molecule is Cc1ccc(Cc2nnc(NC(=O)c3cc4ccccc4oc3=O)o2)cc1C. The molecule has 140 valence electrons. The summed E-state index contributed by atoms with van der Waals surface area (Å²) in [5, 5.41) is 10.9. The van der Waals surface area contributed by atoms with Gasteiger partial charge in [-0.3, -0.25) is 10.1 Å². The maximum Gasteiger partial charge on any atom is 0.349 e. The van der Waals surface area contributed by atoms with E-state index in [0.29, 0.717) is 23.3 Å². The molecule has 0 radical (unpaired) electrons. The Balaban J connectivity index is 1.52. The van der Waals surface area contributed by atoms with Gasteiger partial charge in [0.1, 0.15) is 11.1 Å². The predicted molar refractivity (Wildman–Crippen MR) is 103 cm³/mol. The highest BCUT2D eigenvalue weighted by molar-refractivity contribution is 6.04. The number of nitrogens with zero attached hydrogens (tertiary/aromatic N) is 2. The number of nitrogens with one attached hydrogen (secondary N) is 1. The zero-order valence-corrected chi connectivity index (χ0v) is 15.4. The van der Waals surface area contributed by atoms with Gasteiger partial charge in [-0.15, -0.1) is 5.10 Å². The van der Waals surface area contributed by atoms with Crippen molar-refractivity contribution in [2.24, 2.45) is 0 Å². The van der Waals surface area contributed by atoms with Gasteiger partial charge in [0.25, 0.3) is 5.91 Å². The van der Waals surface area contributed by atoms with Crippen LogP contribution in [0, 0.1) is 13.8 Å². The summed E-state index contributed by atoms with van der Waals surface area (Å²) in [5.74, 6) is -0.301. The van der Waals surface area contributed by atoms with Crippen molar-refractivity contribution in [3.8, 4) is 0 Å². The largest absolute Gasteiger partial charge is 0.422 e. The van der Waals surface area contributed by atoms with Crippen LogP contribution >= 0.6 is 0 Å². The minimum atomic E-state index is -0.730. The number of carbonyl (C=O) groups excluding carboxylic acids is 1. The van der Waals surface area contributed by atoms with E-state index >= 15 is 0 Å². The van der Waals surface area contributed by atoms with Gasteiger partial charge in [0, 0.05) is 5.39 Å². The molecule has 0 fully saturated rings. The Bertz CT molecular complexity index is 1240. The molecule has 28 heavy (non-hydrogen) atoms. The number of hydrogen-bond acceptors (Lipinski definition) is 6. The molecule has 1 amide bonds. The van der Waals surface area contributed by atoms with E-state index in [1.807, 2.05) is 26.0 Å². The molecule has 0 atom stereocenters. The van der Waals surface area contributed by atoms with Crippen molar-refractivity contribution in [2.75, 3.05) is 5.32 Å². The standard InChI is InChI=1S/C21H17N3O4/c1-12-7-8-14(9-13(12)2)10-18-23-24-21(28-18)22-19(25)16-11-15-5-3-4-6-17(15)27-20(16)26/h3-9,11H,10H2,1-2H3,(H,22,24,25). The second-order valence-corrected chi connectivity index (χ2v) is 6.54. The number of benzene rings is 2. The van der Waals surface area contributed by atoms with Gasteiger partial charge in [0.2, 0.25) is 5.89 Å². The Hall–Kier alpha value is -3.74. The quantitative estimate of drug-likeness (QED) is 0.547. The number of anilines is 1. The lowest BCUT2D eigenvalue weighted by molar-refractivity contribution is 0.102. The number of carbonyl (C=O) groups is 1. The molecular formula is C21H17N3O4. The van der Waals surface area contributed by atoms with E-state index in [-0.39, 0.29) is 11.6 Å². The lowest BCUT2D eigenvalue weighted by Gasteiger charge is -2.03. The molecule has 7 heteroatoms. The second-order valence-electron chi connectivity index (χ2n) is 6.54. The van der Waals surface area contributed by atoms with E-state index in [1.165, 1.54) is 17.2 Å². The van der Waals surface area contributed by atoms with E-state index in [9.17, 15) is 9.59 Å². The van der Waals surface area contributed by atoms with Gasteiger partial charge in [0.05, 0.1) is 6.42 Å². The lowest BCUT2D eigenvalue weighted by Crippen LogP contribution is -2.20. The Morgan fingerprint density at radius 1 is 1.00 bits per heavy atom. The van der Waals surface area contributed by atoms with Crippen LogP contribution in [-0.4, -0.2) is 16.1 Å². The molecule has 2 heterocycles. The molecule has 0 spiro atoms. The average Bonchev–Trinajstić information content (AvgIpc) is 3.11. The van der Waals surface area contributed by atoms with Gasteiger partial charge < -0.3 is 8.83 Å². The molecule has 0 aliphatic carbocycles. The van der Waals surface area contributed by atoms with E-state index in [4.69, 9.17) is 8.83 Å². The Kier molecular flexibility index (Phi) is 4.49. The predicted octanol–water partition coefficient (Wildman–Crippen LogP) is 3.64. The molecular weight excluding hydrogens is 358 g/mol. The monoisotopic (exact) mass is 375 g/mol. The van der Waals surface area contributed by atoms with Crippen molar-refractivity contribution in [1.29, 1.82) is 0 Å². The van der Waals surface area contributed by atoms with Gasteiger partial charge in [-0.25, -0.2) is 4.79 Å². The van der Waals surface area contributed by atoms with Crippen molar-refractivity contribution < 1.29 is 13.6 Å². The maximum atomic E-state index is 12.4. The number of amides is 1. The van der Waals surface area contributed by atoms with Gasteiger partial charge >= 0.3 is 11.6 Å². The first kappa shape index (κ1) is 17.7. The third-order valence-corrected chi connectivity index (χ3v) is 4.50. The molecule has 2 aromatic heterocycles. The number of fused-ring (bicyclic) bond motifs is 1. The van der Waals surface area contributed by atoms with Gasteiger partial charge in [0.15, 0.2) is 0 Å². The second kappa shape index (κ2) is 7.11. The Morgan fingerprint density at radius 3 is 2.64 bits per heavy atom. The average molecular weight is 375 g/mol. The molecule has 7 nitrogen and oxygen atoms in total. The van der Waals surface area contributed by atoms with Gasteiger partial charge in [-0.2, -0.15) is 0 Å². The van der Waals surface area contributed by atoms with Crippen LogP contribution < -0.4 is 10.9 Å². The normalized spacial score (nSPS) is 10.9. The minimum Gasteiger partial charge on any atom is -0.422 e. The van der Waals surface area contributed by atoms with Crippen LogP contribution in [0.3, 0.4) is 0 Å². The molecule has 0 bridgehead atoms. The summed E-state index contributed by atoms with van der Waals surface area (Å²) < 4.78 is 10.7. The first-order valence-electron chi connectivity index (χ1n) is 8.72. The summed E-state index contributed by atoms with van der Waals surface area (Å²) in [5.41, 5.74) is 2.96. The number of para-hydroxylation sites is 1. The Labute approximate surface area is 160 Å². The molecule has 0 aliphatic heterocycles. The summed E-state index contributed by atoms with van der Waals surface area (Å²) in [6.45, 7) is 4.08. The number of aromatic nitrogens is 2. The smallest absolute Gasteiger partial charge is 0.349 e.